The minimum absolute atomic E-state index is 0. The summed E-state index contributed by atoms with van der Waals surface area (Å²) < 4.78 is 0. The molecule has 0 fully saturated rings. The predicted molar refractivity (Wildman–Crippen MR) is 30.9 cm³/mol. The zero-order chi connectivity index (χ0) is 3.41. The zero-order valence-corrected chi connectivity index (χ0v) is 3.91. The molecule has 0 aromatic rings. The molecule has 0 amide bonds. The maximum absolute atomic E-state index is 2.18. The summed E-state index contributed by atoms with van der Waals surface area (Å²) in [5, 5.41) is 0. The average Bonchev–Trinajstić information content (AvgIpc) is 1.37. The van der Waals surface area contributed by atoms with Crippen LogP contribution in [0.5, 0.6) is 0 Å². The van der Waals surface area contributed by atoms with E-state index in [2.05, 4.69) is 13.8 Å². The van der Waals surface area contributed by atoms with Gasteiger partial charge in [-0.15, -0.1) is 0 Å². The summed E-state index contributed by atoms with van der Waals surface area (Å²) in [6, 6.07) is 0. The van der Waals surface area contributed by atoms with E-state index in [1.54, 1.807) is 0 Å². The minimum atomic E-state index is 0. The molecule has 0 aromatic heterocycles. The fourth-order valence-corrected chi connectivity index (χ4v) is 0. The molecule has 6 heavy (non-hydrogen) atoms. The van der Waals surface area contributed by atoms with Crippen LogP contribution in [0.2, 0.25) is 0 Å². The maximum atomic E-state index is 2.18. The van der Waals surface area contributed by atoms with Crippen LogP contribution in [-0.4, -0.2) is 5.48 Å². The summed E-state index contributed by atoms with van der Waals surface area (Å²) in [6.07, 6.45) is 2.64. The Labute approximate surface area is 40.7 Å². The summed E-state index contributed by atoms with van der Waals surface area (Å²) in [7, 11) is 0. The summed E-state index contributed by atoms with van der Waals surface area (Å²) in [5.41, 5.74) is 0. The van der Waals surface area contributed by atoms with Crippen molar-refractivity contribution in [1.29, 1.82) is 0 Å². The first-order valence-electron chi connectivity index (χ1n) is 1.91. The van der Waals surface area contributed by atoms with Crippen molar-refractivity contribution < 1.29 is 5.48 Å². The van der Waals surface area contributed by atoms with Gasteiger partial charge in [-0.2, -0.15) is 0 Å². The molecule has 0 rings (SSSR count). The summed E-state index contributed by atoms with van der Waals surface area (Å²) in [4.78, 5) is 0. The molecule has 0 aliphatic carbocycles. The SMILES string of the molecule is C.CCCC.O. The molecule has 0 bridgehead atoms. The van der Waals surface area contributed by atoms with E-state index < -0.39 is 0 Å². The average molecular weight is 92.2 g/mol. The van der Waals surface area contributed by atoms with Crippen LogP contribution in [0.4, 0.5) is 0 Å². The largest absolute Gasteiger partial charge is 0.412 e. The van der Waals surface area contributed by atoms with Crippen molar-refractivity contribution in [2.45, 2.75) is 34.1 Å². The highest BCUT2D eigenvalue weighted by molar-refractivity contribution is 4.12. The van der Waals surface area contributed by atoms with Crippen molar-refractivity contribution >= 4 is 0 Å². The molecule has 0 saturated heterocycles. The van der Waals surface area contributed by atoms with Crippen LogP contribution in [0.3, 0.4) is 0 Å². The van der Waals surface area contributed by atoms with Crippen LogP contribution in [0, 0.1) is 0 Å². The second kappa shape index (κ2) is 20.2. The Morgan fingerprint density at radius 1 is 1.00 bits per heavy atom. The molecule has 0 unspecified atom stereocenters. The molecule has 0 radical (unpaired) electrons. The number of unbranched alkanes of at least 4 members (excludes halogenated alkanes) is 1. The quantitative estimate of drug-likeness (QED) is 0.470. The maximum Gasteiger partial charge on any atom is -0.0564 e. The number of hydrogen-bond donors (Lipinski definition) is 0. The molecule has 0 aliphatic heterocycles. The Morgan fingerprint density at radius 3 is 1.17 bits per heavy atom. The van der Waals surface area contributed by atoms with Gasteiger partial charge in [-0.3, -0.25) is 0 Å². The van der Waals surface area contributed by atoms with Gasteiger partial charge in [0.05, 0.1) is 0 Å². The highest BCUT2D eigenvalue weighted by Gasteiger charge is 1.56. The van der Waals surface area contributed by atoms with Gasteiger partial charge in [0.15, 0.2) is 0 Å². The van der Waals surface area contributed by atoms with Gasteiger partial charge in [0.25, 0.3) is 0 Å². The van der Waals surface area contributed by atoms with E-state index in [1.165, 1.54) is 12.8 Å². The molecule has 0 aliphatic rings. The van der Waals surface area contributed by atoms with Gasteiger partial charge in [-0.1, -0.05) is 34.1 Å². The van der Waals surface area contributed by atoms with Crippen molar-refractivity contribution in [1.82, 2.24) is 0 Å². The van der Waals surface area contributed by atoms with Gasteiger partial charge in [0, 0.05) is 0 Å². The van der Waals surface area contributed by atoms with E-state index in [0.29, 0.717) is 0 Å². The van der Waals surface area contributed by atoms with E-state index in [1.807, 2.05) is 0 Å². The summed E-state index contributed by atoms with van der Waals surface area (Å²) in [6.45, 7) is 4.36. The molecule has 1 nitrogen and oxygen atoms in total. The van der Waals surface area contributed by atoms with Crippen molar-refractivity contribution in [3.63, 3.8) is 0 Å². The van der Waals surface area contributed by atoms with E-state index in [0.717, 1.165) is 0 Å². The highest BCUT2D eigenvalue weighted by Crippen LogP contribution is 1.76. The lowest BCUT2D eigenvalue weighted by molar-refractivity contribution is 0.824. The Kier molecular flexibility index (Phi) is 56.5. The van der Waals surface area contributed by atoms with Crippen LogP contribution in [0.1, 0.15) is 34.1 Å². The second-order valence-electron chi connectivity index (χ2n) is 1.000. The first-order chi connectivity index (χ1) is 1.91. The molecule has 0 spiro atoms. The number of hydrogen-bond acceptors (Lipinski definition) is 0. The van der Waals surface area contributed by atoms with Crippen molar-refractivity contribution in [2.75, 3.05) is 0 Å². The predicted octanol–water partition coefficient (Wildman–Crippen LogP) is 1.62. The summed E-state index contributed by atoms with van der Waals surface area (Å²) >= 11 is 0. The Balaban J connectivity index is -0.0000000450. The molecule has 1 heteroatoms. The normalized spacial score (nSPS) is 5.00. The second-order valence-corrected chi connectivity index (χ2v) is 1.000. The van der Waals surface area contributed by atoms with Crippen LogP contribution in [0.15, 0.2) is 0 Å². The molecule has 0 atom stereocenters. The van der Waals surface area contributed by atoms with Crippen LogP contribution in [0.25, 0.3) is 0 Å². The molecule has 0 saturated carbocycles. The van der Waals surface area contributed by atoms with Gasteiger partial charge >= 0.3 is 0 Å². The third-order valence-electron chi connectivity index (χ3n) is 0.500. The lowest BCUT2D eigenvalue weighted by Crippen LogP contribution is -1.47. The molecule has 42 valence electrons. The van der Waals surface area contributed by atoms with Gasteiger partial charge < -0.3 is 5.48 Å². The van der Waals surface area contributed by atoms with E-state index in [4.69, 9.17) is 0 Å². The monoisotopic (exact) mass is 92.1 g/mol. The van der Waals surface area contributed by atoms with Crippen molar-refractivity contribution in [3.8, 4) is 0 Å². The van der Waals surface area contributed by atoms with Gasteiger partial charge in [0.2, 0.25) is 0 Å². The van der Waals surface area contributed by atoms with Crippen molar-refractivity contribution in [2.24, 2.45) is 0 Å². The first-order valence-corrected chi connectivity index (χ1v) is 1.91. The topological polar surface area (TPSA) is 31.5 Å². The lowest BCUT2D eigenvalue weighted by atomic mass is 10.4. The Bertz CT molecular complexity index is 5.90. The number of rotatable bonds is 1. The van der Waals surface area contributed by atoms with Gasteiger partial charge in [0.1, 0.15) is 0 Å². The lowest BCUT2D eigenvalue weighted by Gasteiger charge is -1.68. The standard InChI is InChI=1S/C4H10.CH4.H2O/c1-3-4-2;;/h3-4H2,1-2H3;1H4;1H2. The smallest absolute Gasteiger partial charge is 0.0564 e. The minimum Gasteiger partial charge on any atom is -0.412 e. The molecule has 0 heterocycles. The van der Waals surface area contributed by atoms with Gasteiger partial charge in [-0.05, 0) is 0 Å². The molecular weight excluding hydrogens is 76.1 g/mol. The molecular formula is C5H16O. The molecule has 0 aromatic carbocycles. The Morgan fingerprint density at radius 2 is 1.17 bits per heavy atom. The summed E-state index contributed by atoms with van der Waals surface area (Å²) in [5.74, 6) is 0. The fourth-order valence-electron chi connectivity index (χ4n) is 0. The Hall–Kier alpha value is -0.0400. The third kappa shape index (κ3) is 37.6. The van der Waals surface area contributed by atoms with Crippen molar-refractivity contribution in [3.05, 3.63) is 0 Å². The van der Waals surface area contributed by atoms with E-state index >= 15 is 0 Å². The first kappa shape index (κ1) is 16.7. The molecule has 2 N–H and O–H groups in total. The van der Waals surface area contributed by atoms with Crippen LogP contribution < -0.4 is 0 Å². The highest BCUT2D eigenvalue weighted by atomic mass is 16.0. The van der Waals surface area contributed by atoms with Gasteiger partial charge in [-0.25, -0.2) is 0 Å². The third-order valence-corrected chi connectivity index (χ3v) is 0.500. The van der Waals surface area contributed by atoms with Crippen LogP contribution in [-0.2, 0) is 0 Å². The van der Waals surface area contributed by atoms with E-state index in [9.17, 15) is 0 Å². The zero-order valence-electron chi connectivity index (χ0n) is 3.91. The fraction of sp³-hybridized carbons (Fsp3) is 1.00. The van der Waals surface area contributed by atoms with Crippen LogP contribution >= 0.6 is 0 Å². The van der Waals surface area contributed by atoms with E-state index in [-0.39, 0.29) is 12.9 Å².